The monoisotopic (exact) mass is 313 g/mol. The molecule has 1 aliphatic heterocycles. The molecule has 0 aromatic carbocycles. The van der Waals surface area contributed by atoms with Crippen molar-refractivity contribution in [2.45, 2.75) is 39.1 Å². The second-order valence-corrected chi connectivity index (χ2v) is 6.66. The standard InChI is InChI=1S/C15H15N5O3/c1-13(2,3)11-20(12(21)22-4)9-10(23-11)15(7-18,8-19)14(9,5-16)6-17/h9-11H,1-4H3. The summed E-state index contributed by atoms with van der Waals surface area (Å²) in [5, 5.41) is 38.0. The number of amides is 1. The van der Waals surface area contributed by atoms with E-state index in [-0.39, 0.29) is 0 Å². The van der Waals surface area contributed by atoms with Crippen LogP contribution in [0.25, 0.3) is 0 Å². The molecule has 3 atom stereocenters. The normalized spacial score (nSPS) is 29.7. The molecule has 1 saturated heterocycles. The summed E-state index contributed by atoms with van der Waals surface area (Å²) in [4.78, 5) is 13.4. The molecule has 0 bridgehead atoms. The number of hydrogen-bond donors (Lipinski definition) is 0. The van der Waals surface area contributed by atoms with Crippen molar-refractivity contribution in [2.24, 2.45) is 16.2 Å². The average molecular weight is 313 g/mol. The van der Waals surface area contributed by atoms with E-state index in [0.29, 0.717) is 0 Å². The number of ether oxygens (including phenoxy) is 2. The molecule has 118 valence electrons. The van der Waals surface area contributed by atoms with Crippen LogP contribution in [0.4, 0.5) is 4.79 Å². The maximum atomic E-state index is 12.2. The van der Waals surface area contributed by atoms with Gasteiger partial charge < -0.3 is 9.47 Å². The molecule has 8 nitrogen and oxygen atoms in total. The number of nitrogens with zero attached hydrogens (tertiary/aromatic N) is 5. The van der Waals surface area contributed by atoms with Crippen LogP contribution >= 0.6 is 0 Å². The summed E-state index contributed by atoms with van der Waals surface area (Å²) in [6.07, 6.45) is -2.63. The van der Waals surface area contributed by atoms with Crippen LogP contribution in [0.3, 0.4) is 0 Å². The van der Waals surface area contributed by atoms with Gasteiger partial charge in [-0.1, -0.05) is 20.8 Å². The first kappa shape index (κ1) is 16.6. The number of nitriles is 4. The molecule has 0 aromatic rings. The Labute approximate surface area is 134 Å². The highest BCUT2D eigenvalue weighted by Crippen LogP contribution is 2.63. The third kappa shape index (κ3) is 1.67. The molecule has 23 heavy (non-hydrogen) atoms. The van der Waals surface area contributed by atoms with Gasteiger partial charge in [0.25, 0.3) is 0 Å². The maximum Gasteiger partial charge on any atom is 0.412 e. The third-order valence-corrected chi connectivity index (χ3v) is 4.44. The van der Waals surface area contributed by atoms with Gasteiger partial charge in [-0.25, -0.2) is 4.79 Å². The molecule has 0 spiro atoms. The summed E-state index contributed by atoms with van der Waals surface area (Å²) in [5.41, 5.74) is -4.51. The summed E-state index contributed by atoms with van der Waals surface area (Å²) < 4.78 is 10.5. The van der Waals surface area contributed by atoms with E-state index in [4.69, 9.17) is 9.47 Å². The van der Waals surface area contributed by atoms with Crippen molar-refractivity contribution in [3.05, 3.63) is 0 Å². The topological polar surface area (TPSA) is 134 Å². The molecule has 1 heterocycles. The predicted octanol–water partition coefficient (Wildman–Crippen LogP) is 1.28. The minimum absolute atomic E-state index is 0.571. The molecular formula is C15H15N5O3. The molecule has 0 aromatic heterocycles. The SMILES string of the molecule is COC(=O)N1C(C(C)(C)C)OC2C1C(C#N)(C#N)C2(C#N)C#N. The van der Waals surface area contributed by atoms with Crippen molar-refractivity contribution in [3.8, 4) is 24.3 Å². The second-order valence-electron chi connectivity index (χ2n) is 6.66. The Morgan fingerprint density at radius 3 is 1.91 bits per heavy atom. The lowest BCUT2D eigenvalue weighted by Crippen LogP contribution is -2.72. The summed E-state index contributed by atoms with van der Waals surface area (Å²) >= 11 is 0. The Kier molecular flexibility index (Phi) is 3.49. The number of fused-ring (bicyclic) bond motifs is 1. The molecule has 2 fully saturated rings. The number of rotatable bonds is 0. The highest BCUT2D eigenvalue weighted by Gasteiger charge is 2.83. The Bertz CT molecular complexity index is 684. The van der Waals surface area contributed by atoms with Crippen LogP contribution in [-0.4, -0.2) is 36.5 Å². The molecule has 2 rings (SSSR count). The smallest absolute Gasteiger partial charge is 0.412 e. The van der Waals surface area contributed by atoms with Gasteiger partial charge in [-0.3, -0.25) is 4.90 Å². The van der Waals surface area contributed by atoms with Crippen molar-refractivity contribution in [3.63, 3.8) is 0 Å². The lowest BCUT2D eigenvalue weighted by Gasteiger charge is -2.52. The minimum Gasteiger partial charge on any atom is -0.453 e. The molecule has 2 aliphatic rings. The molecule has 1 amide bonds. The van der Waals surface area contributed by atoms with Crippen molar-refractivity contribution in [1.82, 2.24) is 4.90 Å². The average Bonchev–Trinajstić information content (AvgIpc) is 2.88. The summed E-state index contributed by atoms with van der Waals surface area (Å²) in [5.74, 6) is 0. The number of carbonyl (C=O) groups is 1. The number of hydrogen-bond acceptors (Lipinski definition) is 7. The Morgan fingerprint density at radius 1 is 1.09 bits per heavy atom. The van der Waals surface area contributed by atoms with Gasteiger partial charge in [0.15, 0.2) is 0 Å². The van der Waals surface area contributed by atoms with Crippen LogP contribution in [0.15, 0.2) is 0 Å². The zero-order chi connectivity index (χ0) is 17.6. The van der Waals surface area contributed by atoms with Gasteiger partial charge in [-0.15, -0.1) is 0 Å². The van der Waals surface area contributed by atoms with Crippen LogP contribution in [0.5, 0.6) is 0 Å². The highest BCUT2D eigenvalue weighted by atomic mass is 16.6. The van der Waals surface area contributed by atoms with Crippen LogP contribution in [0.2, 0.25) is 0 Å². The molecule has 1 aliphatic carbocycles. The van der Waals surface area contributed by atoms with E-state index in [9.17, 15) is 25.8 Å². The molecule has 3 unspecified atom stereocenters. The fourth-order valence-electron chi connectivity index (χ4n) is 3.30. The quantitative estimate of drug-likeness (QED) is 0.657. The van der Waals surface area contributed by atoms with E-state index >= 15 is 0 Å². The lowest BCUT2D eigenvalue weighted by molar-refractivity contribution is -0.110. The van der Waals surface area contributed by atoms with Gasteiger partial charge in [0.05, 0.1) is 31.4 Å². The molecule has 0 radical (unpaired) electrons. The van der Waals surface area contributed by atoms with E-state index < -0.39 is 40.7 Å². The first-order valence-electron chi connectivity index (χ1n) is 6.87. The summed E-state index contributed by atoms with van der Waals surface area (Å²) in [7, 11) is 1.18. The van der Waals surface area contributed by atoms with Gasteiger partial charge in [0.2, 0.25) is 10.8 Å². The zero-order valence-electron chi connectivity index (χ0n) is 13.2. The van der Waals surface area contributed by atoms with Gasteiger partial charge in [0.1, 0.15) is 18.4 Å². The highest BCUT2D eigenvalue weighted by molar-refractivity contribution is 5.71. The Morgan fingerprint density at radius 2 is 1.57 bits per heavy atom. The van der Waals surface area contributed by atoms with Crippen molar-refractivity contribution in [2.75, 3.05) is 7.11 Å². The zero-order valence-corrected chi connectivity index (χ0v) is 13.2. The first-order chi connectivity index (χ1) is 10.7. The van der Waals surface area contributed by atoms with Crippen LogP contribution < -0.4 is 0 Å². The van der Waals surface area contributed by atoms with E-state index in [1.165, 1.54) is 12.0 Å². The van der Waals surface area contributed by atoms with Crippen LogP contribution in [-0.2, 0) is 9.47 Å². The van der Waals surface area contributed by atoms with Gasteiger partial charge in [-0.2, -0.15) is 21.0 Å². The van der Waals surface area contributed by atoms with Crippen molar-refractivity contribution < 1.29 is 14.3 Å². The lowest BCUT2D eigenvalue weighted by atomic mass is 9.46. The maximum absolute atomic E-state index is 12.2. The predicted molar refractivity (Wildman–Crippen MR) is 73.5 cm³/mol. The Hall–Kier alpha value is -2.81. The molecule has 1 saturated carbocycles. The van der Waals surface area contributed by atoms with Gasteiger partial charge >= 0.3 is 6.09 Å². The van der Waals surface area contributed by atoms with Gasteiger partial charge in [-0.05, 0) is 0 Å². The van der Waals surface area contributed by atoms with Crippen LogP contribution in [0.1, 0.15) is 20.8 Å². The number of methoxy groups -OCH3 is 1. The second kappa shape index (κ2) is 4.85. The van der Waals surface area contributed by atoms with E-state index in [1.807, 2.05) is 0 Å². The minimum atomic E-state index is -1.99. The van der Waals surface area contributed by atoms with Crippen molar-refractivity contribution in [1.29, 1.82) is 21.0 Å². The fraction of sp³-hybridized carbons (Fsp3) is 0.667. The van der Waals surface area contributed by atoms with E-state index in [1.54, 1.807) is 45.0 Å². The first-order valence-corrected chi connectivity index (χ1v) is 6.87. The largest absolute Gasteiger partial charge is 0.453 e. The van der Waals surface area contributed by atoms with Gasteiger partial charge in [0, 0.05) is 5.41 Å². The van der Waals surface area contributed by atoms with E-state index in [0.717, 1.165) is 0 Å². The Balaban J connectivity index is 2.66. The van der Waals surface area contributed by atoms with E-state index in [2.05, 4.69) is 0 Å². The molecule has 8 heteroatoms. The fourth-order valence-corrected chi connectivity index (χ4v) is 3.30. The van der Waals surface area contributed by atoms with Crippen LogP contribution in [0, 0.1) is 61.6 Å². The number of carbonyl (C=O) groups excluding carboxylic acids is 1. The molecule has 0 N–H and O–H groups in total. The van der Waals surface area contributed by atoms with Crippen molar-refractivity contribution >= 4 is 6.09 Å². The summed E-state index contributed by atoms with van der Waals surface area (Å²) in [6.45, 7) is 5.41. The summed E-state index contributed by atoms with van der Waals surface area (Å²) in [6, 6.07) is 6.05. The molecular weight excluding hydrogens is 298 g/mol. The third-order valence-electron chi connectivity index (χ3n) is 4.44.